The summed E-state index contributed by atoms with van der Waals surface area (Å²) >= 11 is 0. The Hall–Kier alpha value is -6.96. The lowest BCUT2D eigenvalue weighted by Crippen LogP contribution is -2.01. The molecule has 6 nitrogen and oxygen atoms in total. The van der Waals surface area contributed by atoms with Crippen molar-refractivity contribution in [2.75, 3.05) is 0 Å². The van der Waals surface area contributed by atoms with Crippen LogP contribution in [0.25, 0.3) is 16.7 Å². The molecule has 6 heteroatoms. The van der Waals surface area contributed by atoms with Crippen molar-refractivity contribution >= 4 is 16.7 Å². The smallest absolute Gasteiger partial charge is 0.138 e. The second-order valence-corrected chi connectivity index (χ2v) is 8.82. The number of nitrogens with zero attached hydrogens (tertiary/aromatic N) is 6. The highest BCUT2D eigenvalue weighted by Crippen LogP contribution is 2.37. The predicted octanol–water partition coefficient (Wildman–Crippen LogP) is 7.23. The molecule has 0 bridgehead atoms. The van der Waals surface area contributed by atoms with Crippen LogP contribution < -0.4 is 0 Å². The van der Waals surface area contributed by atoms with Gasteiger partial charge in [-0.1, -0.05) is 91.0 Å². The van der Waals surface area contributed by atoms with Gasteiger partial charge < -0.3 is 0 Å². The summed E-state index contributed by atoms with van der Waals surface area (Å²) < 4.78 is 0. The summed E-state index contributed by atoms with van der Waals surface area (Å²) in [6.07, 6.45) is 0. The molecular weight excluding hydrogens is 516 g/mol. The average Bonchev–Trinajstić information content (AvgIpc) is 3.05. The first-order chi connectivity index (χ1) is 20.6. The molecule has 0 unspecified atom stereocenters. The van der Waals surface area contributed by atoms with Crippen LogP contribution in [0.5, 0.6) is 0 Å². The van der Waals surface area contributed by atoms with Gasteiger partial charge in [-0.25, -0.2) is 0 Å². The van der Waals surface area contributed by atoms with E-state index in [4.69, 9.17) is 0 Å². The number of hydrogen-bond acceptors (Lipinski definition) is 6. The highest BCUT2D eigenvalue weighted by Gasteiger charge is 2.21. The van der Waals surface area contributed by atoms with Gasteiger partial charge in [0, 0.05) is 16.7 Å². The van der Waals surface area contributed by atoms with Gasteiger partial charge in [0.25, 0.3) is 0 Å². The highest BCUT2D eigenvalue weighted by molar-refractivity contribution is 5.95. The van der Waals surface area contributed by atoms with E-state index in [9.17, 15) is 31.6 Å². The van der Waals surface area contributed by atoms with Crippen molar-refractivity contribution in [2.24, 2.45) is 0 Å². The van der Waals surface area contributed by atoms with Gasteiger partial charge in [0.1, 0.15) is 53.1 Å². The molecule has 0 spiro atoms. The highest BCUT2D eigenvalue weighted by atomic mass is 14.3. The zero-order chi connectivity index (χ0) is 29.9. The topological polar surface area (TPSA) is 143 Å². The van der Waals surface area contributed by atoms with E-state index in [1.54, 1.807) is 91.0 Å². The Morgan fingerprint density at radius 2 is 0.524 bits per heavy atom. The van der Waals surface area contributed by atoms with Crippen molar-refractivity contribution in [1.82, 2.24) is 0 Å². The molecule has 4 rings (SSSR count). The predicted molar refractivity (Wildman–Crippen MR) is 158 cm³/mol. The first kappa shape index (κ1) is 28.1. The van der Waals surface area contributed by atoms with Gasteiger partial charge in [-0.3, -0.25) is 0 Å². The van der Waals surface area contributed by atoms with Crippen LogP contribution in [-0.4, -0.2) is 0 Å². The SMILES string of the molecule is N#CC(C#N)=C(c1ccccc1)c1cc(C(=C(C#N)C#N)c2ccccc2)cc(C(=C(C#N)C#N)c2ccccc2)c1. The van der Waals surface area contributed by atoms with Gasteiger partial charge in [0.05, 0.1) is 0 Å². The fraction of sp³-hybridized carbons (Fsp3) is 0. The first-order valence-corrected chi connectivity index (χ1v) is 12.6. The lowest BCUT2D eigenvalue weighted by atomic mass is 9.84. The molecule has 0 saturated carbocycles. The van der Waals surface area contributed by atoms with Crippen molar-refractivity contribution < 1.29 is 0 Å². The maximum absolute atomic E-state index is 9.94. The summed E-state index contributed by atoms with van der Waals surface area (Å²) in [6, 6.07) is 43.8. The number of nitriles is 6. The summed E-state index contributed by atoms with van der Waals surface area (Å²) in [4.78, 5) is 0. The molecule has 42 heavy (non-hydrogen) atoms. The Morgan fingerprint density at radius 3 is 0.714 bits per heavy atom. The Morgan fingerprint density at radius 1 is 0.310 bits per heavy atom. The Balaban J connectivity index is 2.24. The molecule has 0 atom stereocenters. The van der Waals surface area contributed by atoms with E-state index in [0.29, 0.717) is 50.1 Å². The third kappa shape index (κ3) is 5.71. The van der Waals surface area contributed by atoms with E-state index in [1.165, 1.54) is 0 Å². The van der Waals surface area contributed by atoms with Crippen LogP contribution in [0.4, 0.5) is 0 Å². The average molecular weight is 535 g/mol. The van der Waals surface area contributed by atoms with E-state index < -0.39 is 0 Å². The van der Waals surface area contributed by atoms with E-state index in [2.05, 4.69) is 0 Å². The number of rotatable bonds is 6. The largest absolute Gasteiger partial charge is 0.192 e. The van der Waals surface area contributed by atoms with Gasteiger partial charge in [0.2, 0.25) is 0 Å². The molecule has 0 fully saturated rings. The standard InChI is InChI=1S/C36H18N6/c37-19-31(20-38)34(25-10-4-1-5-11-25)28-16-29(35(32(21-39)22-40)26-12-6-2-7-13-26)18-30(17-28)36(33(23-41)24-42)27-14-8-3-9-15-27/h1-18H. The zero-order valence-corrected chi connectivity index (χ0v) is 22.1. The minimum atomic E-state index is -0.152. The number of allylic oxidation sites excluding steroid dienone is 3. The Bertz CT molecular complexity index is 1710. The summed E-state index contributed by atoms with van der Waals surface area (Å²) in [6.45, 7) is 0. The fourth-order valence-corrected chi connectivity index (χ4v) is 4.65. The van der Waals surface area contributed by atoms with Crippen molar-refractivity contribution in [3.63, 3.8) is 0 Å². The molecule has 0 heterocycles. The normalized spacial score (nSPS) is 9.29. The molecule has 0 saturated heterocycles. The van der Waals surface area contributed by atoms with Crippen molar-refractivity contribution in [1.29, 1.82) is 31.6 Å². The van der Waals surface area contributed by atoms with Crippen LogP contribution in [0.2, 0.25) is 0 Å². The molecule has 0 aromatic heterocycles. The third-order valence-corrected chi connectivity index (χ3v) is 6.41. The second-order valence-electron chi connectivity index (χ2n) is 8.82. The summed E-state index contributed by atoms with van der Waals surface area (Å²) in [7, 11) is 0. The molecule has 0 aliphatic heterocycles. The molecule has 4 aromatic carbocycles. The quantitative estimate of drug-likeness (QED) is 0.239. The Kier molecular flexibility index (Phi) is 8.82. The lowest BCUT2D eigenvalue weighted by Gasteiger charge is -2.18. The number of hydrogen-bond donors (Lipinski definition) is 0. The summed E-state index contributed by atoms with van der Waals surface area (Å²) in [5.74, 6) is 0. The van der Waals surface area contributed by atoms with Gasteiger partial charge >= 0.3 is 0 Å². The van der Waals surface area contributed by atoms with Crippen LogP contribution in [0, 0.1) is 68.0 Å². The molecule has 192 valence electrons. The van der Waals surface area contributed by atoms with E-state index in [0.717, 1.165) is 0 Å². The van der Waals surface area contributed by atoms with Gasteiger partial charge in [-0.05, 0) is 51.6 Å². The van der Waals surface area contributed by atoms with Crippen molar-refractivity contribution in [3.05, 3.63) is 159 Å². The maximum atomic E-state index is 9.94. The zero-order valence-electron chi connectivity index (χ0n) is 22.1. The maximum Gasteiger partial charge on any atom is 0.138 e. The third-order valence-electron chi connectivity index (χ3n) is 6.41. The van der Waals surface area contributed by atoms with E-state index in [1.807, 2.05) is 54.6 Å². The van der Waals surface area contributed by atoms with E-state index in [-0.39, 0.29) is 16.7 Å². The van der Waals surface area contributed by atoms with Crippen LogP contribution in [0.1, 0.15) is 33.4 Å². The van der Waals surface area contributed by atoms with Gasteiger partial charge in [0.15, 0.2) is 0 Å². The molecular formula is C36H18N6. The molecule has 0 aliphatic rings. The molecule has 4 aromatic rings. The molecule has 0 aliphatic carbocycles. The van der Waals surface area contributed by atoms with Gasteiger partial charge in [-0.15, -0.1) is 0 Å². The lowest BCUT2D eigenvalue weighted by molar-refractivity contribution is 1.40. The van der Waals surface area contributed by atoms with Crippen molar-refractivity contribution in [2.45, 2.75) is 0 Å². The minimum absolute atomic E-state index is 0.152. The summed E-state index contributed by atoms with van der Waals surface area (Å²) in [5, 5.41) is 59.6. The van der Waals surface area contributed by atoms with Gasteiger partial charge in [-0.2, -0.15) is 31.6 Å². The van der Waals surface area contributed by atoms with E-state index >= 15 is 0 Å². The van der Waals surface area contributed by atoms with Crippen LogP contribution in [-0.2, 0) is 0 Å². The number of benzene rings is 4. The van der Waals surface area contributed by atoms with Crippen LogP contribution in [0.3, 0.4) is 0 Å². The van der Waals surface area contributed by atoms with Crippen LogP contribution >= 0.6 is 0 Å². The molecule has 0 N–H and O–H groups in total. The first-order valence-electron chi connectivity index (χ1n) is 12.6. The van der Waals surface area contributed by atoms with Crippen LogP contribution in [0.15, 0.2) is 126 Å². The summed E-state index contributed by atoms with van der Waals surface area (Å²) in [5.41, 5.74) is 3.60. The van der Waals surface area contributed by atoms with Crippen molar-refractivity contribution in [3.8, 4) is 36.4 Å². The monoisotopic (exact) mass is 534 g/mol. The minimum Gasteiger partial charge on any atom is -0.192 e. The molecule has 0 amide bonds. The molecule has 0 radical (unpaired) electrons. The second kappa shape index (κ2) is 13.2. The Labute approximate surface area is 243 Å². The fourth-order valence-electron chi connectivity index (χ4n) is 4.65.